The van der Waals surface area contributed by atoms with E-state index in [0.29, 0.717) is 29.7 Å². The van der Waals surface area contributed by atoms with Crippen LogP contribution < -0.4 is 21.7 Å². The molecule has 0 aliphatic rings. The quantitative estimate of drug-likeness (QED) is 0.557. The molecule has 104 valence electrons. The lowest BCUT2D eigenvalue weighted by Crippen LogP contribution is -2.13. The smallest absolute Gasteiger partial charge is 0.252 e. The number of aromatic nitrogens is 2. The van der Waals surface area contributed by atoms with Gasteiger partial charge >= 0.3 is 0 Å². The molecule has 1 aromatic heterocycles. The van der Waals surface area contributed by atoms with E-state index in [0.717, 1.165) is 0 Å². The van der Waals surface area contributed by atoms with Crippen molar-refractivity contribution < 1.29 is 9.53 Å². The topological polar surface area (TPSA) is 116 Å². The fourth-order valence-electron chi connectivity index (χ4n) is 1.63. The first-order valence-electron chi connectivity index (χ1n) is 6.05. The maximum atomic E-state index is 11.3. The molecule has 2 aromatic rings. The second-order valence-corrected chi connectivity index (χ2v) is 3.97. The summed E-state index contributed by atoms with van der Waals surface area (Å²) in [5.74, 6) is 6.41. The normalized spacial score (nSPS) is 10.1. The fraction of sp³-hybridized carbons (Fsp3) is 0.154. The summed E-state index contributed by atoms with van der Waals surface area (Å²) in [5, 5.41) is 0. The average molecular weight is 273 g/mol. The minimum Gasteiger partial charge on any atom is -0.438 e. The van der Waals surface area contributed by atoms with Gasteiger partial charge in [-0.2, -0.15) is 4.98 Å². The number of aryl methyl sites for hydroxylation is 1. The van der Waals surface area contributed by atoms with Gasteiger partial charge in [-0.15, -0.1) is 0 Å². The van der Waals surface area contributed by atoms with E-state index in [-0.39, 0.29) is 5.56 Å². The summed E-state index contributed by atoms with van der Waals surface area (Å²) in [6.07, 6.45) is 0.628. The van der Waals surface area contributed by atoms with Gasteiger partial charge in [0.1, 0.15) is 17.4 Å². The number of amides is 1. The Bertz CT molecular complexity index is 608. The maximum Gasteiger partial charge on any atom is 0.252 e. The highest BCUT2D eigenvalue weighted by molar-refractivity contribution is 5.95. The lowest BCUT2D eigenvalue weighted by molar-refractivity contribution is 0.0998. The monoisotopic (exact) mass is 273 g/mol. The molecule has 0 fully saturated rings. The van der Waals surface area contributed by atoms with E-state index >= 15 is 0 Å². The van der Waals surface area contributed by atoms with Crippen LogP contribution in [0.1, 0.15) is 23.1 Å². The molecule has 5 N–H and O–H groups in total. The largest absolute Gasteiger partial charge is 0.438 e. The van der Waals surface area contributed by atoms with Gasteiger partial charge < -0.3 is 15.9 Å². The van der Waals surface area contributed by atoms with Crippen molar-refractivity contribution in [1.29, 1.82) is 0 Å². The molecule has 0 bridgehead atoms. The number of nitrogens with two attached hydrogens (primary N) is 2. The van der Waals surface area contributed by atoms with E-state index in [1.54, 1.807) is 24.3 Å². The van der Waals surface area contributed by atoms with Gasteiger partial charge in [-0.1, -0.05) is 19.1 Å². The summed E-state index contributed by atoms with van der Waals surface area (Å²) in [6.45, 7) is 1.91. The first kappa shape index (κ1) is 13.8. The highest BCUT2D eigenvalue weighted by Gasteiger charge is 2.11. The predicted octanol–water partition coefficient (Wildman–Crippen LogP) is 1.22. The second-order valence-electron chi connectivity index (χ2n) is 3.97. The van der Waals surface area contributed by atoms with Gasteiger partial charge in [0.2, 0.25) is 5.88 Å². The number of ether oxygens (including phenoxy) is 1. The van der Waals surface area contributed by atoms with Crippen molar-refractivity contribution in [2.24, 2.45) is 11.6 Å². The fourth-order valence-corrected chi connectivity index (χ4v) is 1.63. The number of hydrogen-bond acceptors (Lipinski definition) is 6. The third-order valence-electron chi connectivity index (χ3n) is 2.58. The number of para-hydroxylation sites is 1. The Labute approximate surface area is 115 Å². The van der Waals surface area contributed by atoms with E-state index in [4.69, 9.17) is 16.3 Å². The molecule has 0 aliphatic carbocycles. The Kier molecular flexibility index (Phi) is 4.11. The third kappa shape index (κ3) is 3.01. The molecule has 0 atom stereocenters. The summed E-state index contributed by atoms with van der Waals surface area (Å²) in [7, 11) is 0. The predicted molar refractivity (Wildman–Crippen MR) is 74.3 cm³/mol. The van der Waals surface area contributed by atoms with Crippen molar-refractivity contribution in [1.82, 2.24) is 9.97 Å². The number of hydrogen-bond donors (Lipinski definition) is 3. The van der Waals surface area contributed by atoms with Crippen molar-refractivity contribution in [3.63, 3.8) is 0 Å². The molecule has 0 radical (unpaired) electrons. The summed E-state index contributed by atoms with van der Waals surface area (Å²) in [5.41, 5.74) is 8.02. The van der Waals surface area contributed by atoms with Crippen LogP contribution in [0.25, 0.3) is 0 Å². The van der Waals surface area contributed by atoms with Crippen molar-refractivity contribution in [2.45, 2.75) is 13.3 Å². The van der Waals surface area contributed by atoms with Crippen LogP contribution in [0.15, 0.2) is 30.3 Å². The molecular formula is C13H15N5O2. The highest BCUT2D eigenvalue weighted by Crippen LogP contribution is 2.25. The number of hydrazine groups is 1. The number of nitrogens with zero attached hydrogens (tertiary/aromatic N) is 2. The van der Waals surface area contributed by atoms with Gasteiger partial charge in [0, 0.05) is 12.5 Å². The first-order chi connectivity index (χ1) is 9.63. The number of primary amides is 1. The van der Waals surface area contributed by atoms with Crippen LogP contribution in [0.2, 0.25) is 0 Å². The number of rotatable bonds is 5. The third-order valence-corrected chi connectivity index (χ3v) is 2.58. The molecule has 20 heavy (non-hydrogen) atoms. The van der Waals surface area contributed by atoms with Crippen molar-refractivity contribution in [3.8, 4) is 11.6 Å². The van der Waals surface area contributed by atoms with Crippen LogP contribution in [0.5, 0.6) is 11.6 Å². The van der Waals surface area contributed by atoms with Gasteiger partial charge in [0.05, 0.1) is 5.56 Å². The van der Waals surface area contributed by atoms with E-state index < -0.39 is 5.91 Å². The minimum absolute atomic E-state index is 0.284. The summed E-state index contributed by atoms with van der Waals surface area (Å²) >= 11 is 0. The number of nitrogens with one attached hydrogen (secondary N) is 1. The lowest BCUT2D eigenvalue weighted by atomic mass is 10.2. The van der Waals surface area contributed by atoms with Crippen molar-refractivity contribution in [2.75, 3.05) is 5.43 Å². The molecule has 0 saturated heterocycles. The molecule has 0 spiro atoms. The standard InChI is InChI=1S/C13H15N5O2/c1-2-10-16-11(18-15)7-12(17-10)20-9-6-4-3-5-8(9)13(14)19/h3-7H,2,15H2,1H3,(H2,14,19)(H,16,17,18). The lowest BCUT2D eigenvalue weighted by Gasteiger charge is -2.10. The number of benzene rings is 1. The Morgan fingerprint density at radius 1 is 1.35 bits per heavy atom. The Morgan fingerprint density at radius 2 is 2.10 bits per heavy atom. The molecule has 0 saturated carbocycles. The highest BCUT2D eigenvalue weighted by atomic mass is 16.5. The van der Waals surface area contributed by atoms with Gasteiger partial charge in [-0.3, -0.25) is 4.79 Å². The van der Waals surface area contributed by atoms with Crippen LogP contribution >= 0.6 is 0 Å². The number of carbonyl (C=O) groups is 1. The summed E-state index contributed by atoms with van der Waals surface area (Å²) < 4.78 is 5.61. The molecule has 7 heteroatoms. The van der Waals surface area contributed by atoms with E-state index in [9.17, 15) is 4.79 Å². The molecule has 2 rings (SSSR count). The summed E-state index contributed by atoms with van der Waals surface area (Å²) in [6, 6.07) is 8.21. The molecule has 7 nitrogen and oxygen atoms in total. The van der Waals surface area contributed by atoms with Crippen LogP contribution in [0, 0.1) is 0 Å². The zero-order valence-corrected chi connectivity index (χ0v) is 11.0. The summed E-state index contributed by atoms with van der Waals surface area (Å²) in [4.78, 5) is 19.7. The number of anilines is 1. The minimum atomic E-state index is -0.567. The van der Waals surface area contributed by atoms with E-state index in [1.165, 1.54) is 6.07 Å². The van der Waals surface area contributed by atoms with Crippen molar-refractivity contribution in [3.05, 3.63) is 41.7 Å². The Morgan fingerprint density at radius 3 is 2.75 bits per heavy atom. The number of carbonyl (C=O) groups excluding carboxylic acids is 1. The van der Waals surface area contributed by atoms with Crippen LogP contribution in [0.3, 0.4) is 0 Å². The van der Waals surface area contributed by atoms with Crippen LogP contribution in [-0.4, -0.2) is 15.9 Å². The van der Waals surface area contributed by atoms with Crippen LogP contribution in [-0.2, 0) is 6.42 Å². The number of nitrogen functional groups attached to an aromatic ring is 1. The van der Waals surface area contributed by atoms with Crippen molar-refractivity contribution >= 4 is 11.7 Å². The average Bonchev–Trinajstić information content (AvgIpc) is 2.47. The molecule has 1 heterocycles. The van der Waals surface area contributed by atoms with E-state index in [1.807, 2.05) is 6.92 Å². The van der Waals surface area contributed by atoms with Gasteiger partial charge in [-0.25, -0.2) is 10.8 Å². The maximum absolute atomic E-state index is 11.3. The van der Waals surface area contributed by atoms with Gasteiger partial charge in [0.15, 0.2) is 0 Å². The molecule has 1 aromatic carbocycles. The Balaban J connectivity index is 2.37. The zero-order valence-electron chi connectivity index (χ0n) is 11.0. The molecule has 1 amide bonds. The first-order valence-corrected chi connectivity index (χ1v) is 6.05. The van der Waals surface area contributed by atoms with E-state index in [2.05, 4.69) is 15.4 Å². The zero-order chi connectivity index (χ0) is 14.5. The molecular weight excluding hydrogens is 258 g/mol. The SMILES string of the molecule is CCc1nc(NN)cc(Oc2ccccc2C(N)=O)n1. The second kappa shape index (κ2) is 5.98. The van der Waals surface area contributed by atoms with Gasteiger partial charge in [0.25, 0.3) is 5.91 Å². The Hall–Kier alpha value is -2.67. The molecule has 0 aliphatic heterocycles. The van der Waals surface area contributed by atoms with Gasteiger partial charge in [-0.05, 0) is 12.1 Å². The van der Waals surface area contributed by atoms with Crippen LogP contribution in [0.4, 0.5) is 5.82 Å². The molecule has 0 unspecified atom stereocenters.